The number of hydrogen-bond donors (Lipinski definition) is 0. The second-order valence-electron chi connectivity index (χ2n) is 8.02. The molecule has 6 heteroatoms. The SMILES string of the molecule is Cc1nn(C2CCCCO2)c2cnc(N3CCOCC3Cc3ccccc3)cc12. The number of aromatic nitrogens is 3. The molecule has 3 aromatic rings. The smallest absolute Gasteiger partial charge is 0.150 e. The molecule has 0 spiro atoms. The van der Waals surface area contributed by atoms with Gasteiger partial charge in [-0.1, -0.05) is 30.3 Å². The molecule has 2 aliphatic rings. The molecule has 2 atom stereocenters. The van der Waals surface area contributed by atoms with Crippen LogP contribution in [0.3, 0.4) is 0 Å². The fourth-order valence-electron chi connectivity index (χ4n) is 4.48. The van der Waals surface area contributed by atoms with Crippen molar-refractivity contribution in [1.29, 1.82) is 0 Å². The second kappa shape index (κ2) is 8.13. The summed E-state index contributed by atoms with van der Waals surface area (Å²) in [4.78, 5) is 7.24. The van der Waals surface area contributed by atoms with Crippen molar-refractivity contribution in [2.75, 3.05) is 31.3 Å². The molecule has 6 nitrogen and oxygen atoms in total. The largest absolute Gasteiger partial charge is 0.377 e. The molecule has 2 aromatic heterocycles. The first-order valence-electron chi connectivity index (χ1n) is 10.6. The first-order chi connectivity index (χ1) is 14.3. The van der Waals surface area contributed by atoms with Crippen LogP contribution in [0.25, 0.3) is 10.9 Å². The van der Waals surface area contributed by atoms with Gasteiger partial charge in [-0.25, -0.2) is 9.67 Å². The van der Waals surface area contributed by atoms with Gasteiger partial charge in [-0.15, -0.1) is 0 Å². The molecule has 5 rings (SSSR count). The van der Waals surface area contributed by atoms with Gasteiger partial charge in [0.25, 0.3) is 0 Å². The average molecular weight is 393 g/mol. The summed E-state index contributed by atoms with van der Waals surface area (Å²) >= 11 is 0. The predicted octanol–water partition coefficient (Wildman–Crippen LogP) is 3.89. The lowest BCUT2D eigenvalue weighted by atomic mass is 10.0. The summed E-state index contributed by atoms with van der Waals surface area (Å²) in [5, 5.41) is 5.96. The lowest BCUT2D eigenvalue weighted by Crippen LogP contribution is -2.47. The molecule has 0 aliphatic carbocycles. The average Bonchev–Trinajstić information content (AvgIpc) is 3.11. The number of pyridine rings is 1. The molecule has 2 saturated heterocycles. The van der Waals surface area contributed by atoms with E-state index in [1.165, 1.54) is 12.0 Å². The van der Waals surface area contributed by atoms with Crippen LogP contribution in [0.1, 0.15) is 36.7 Å². The monoisotopic (exact) mass is 392 g/mol. The molecule has 2 unspecified atom stereocenters. The van der Waals surface area contributed by atoms with Crippen molar-refractivity contribution < 1.29 is 9.47 Å². The minimum Gasteiger partial charge on any atom is -0.377 e. The summed E-state index contributed by atoms with van der Waals surface area (Å²) in [6.07, 6.45) is 6.29. The summed E-state index contributed by atoms with van der Waals surface area (Å²) < 4.78 is 13.8. The Morgan fingerprint density at radius 2 is 2.03 bits per heavy atom. The molecule has 0 saturated carbocycles. The number of aryl methyl sites for hydroxylation is 1. The third-order valence-corrected chi connectivity index (χ3v) is 6.03. The maximum atomic E-state index is 5.96. The Balaban J connectivity index is 1.45. The highest BCUT2D eigenvalue weighted by Crippen LogP contribution is 2.30. The fourth-order valence-corrected chi connectivity index (χ4v) is 4.48. The van der Waals surface area contributed by atoms with E-state index in [-0.39, 0.29) is 12.3 Å². The fraction of sp³-hybridized carbons (Fsp3) is 0.478. The van der Waals surface area contributed by atoms with E-state index in [1.807, 2.05) is 10.9 Å². The minimum absolute atomic E-state index is 0.0295. The highest BCUT2D eigenvalue weighted by atomic mass is 16.5. The van der Waals surface area contributed by atoms with E-state index in [0.717, 1.165) is 68.0 Å². The number of rotatable bonds is 4. The normalized spacial score (nSPS) is 22.9. The van der Waals surface area contributed by atoms with Crippen molar-refractivity contribution in [2.24, 2.45) is 0 Å². The predicted molar refractivity (Wildman–Crippen MR) is 113 cm³/mol. The van der Waals surface area contributed by atoms with Crippen LogP contribution in [0.2, 0.25) is 0 Å². The van der Waals surface area contributed by atoms with E-state index < -0.39 is 0 Å². The van der Waals surface area contributed by atoms with Gasteiger partial charge in [0.1, 0.15) is 5.82 Å². The summed E-state index contributed by atoms with van der Waals surface area (Å²) in [6.45, 7) is 5.20. The molecular formula is C23H28N4O2. The minimum atomic E-state index is 0.0295. The molecule has 2 aliphatic heterocycles. The summed E-state index contributed by atoms with van der Waals surface area (Å²) in [5.74, 6) is 1.01. The molecule has 2 fully saturated rings. The number of hydrogen-bond acceptors (Lipinski definition) is 5. The van der Waals surface area contributed by atoms with Crippen LogP contribution in [-0.4, -0.2) is 47.2 Å². The number of nitrogens with zero attached hydrogens (tertiary/aromatic N) is 4. The quantitative estimate of drug-likeness (QED) is 0.674. The van der Waals surface area contributed by atoms with E-state index in [9.17, 15) is 0 Å². The van der Waals surface area contributed by atoms with E-state index in [4.69, 9.17) is 19.6 Å². The van der Waals surface area contributed by atoms with Gasteiger partial charge in [0.15, 0.2) is 6.23 Å². The Morgan fingerprint density at radius 3 is 2.86 bits per heavy atom. The molecule has 29 heavy (non-hydrogen) atoms. The molecule has 152 valence electrons. The first-order valence-corrected chi connectivity index (χ1v) is 10.6. The van der Waals surface area contributed by atoms with Gasteiger partial charge in [0, 0.05) is 18.5 Å². The van der Waals surface area contributed by atoms with Gasteiger partial charge in [-0.3, -0.25) is 0 Å². The van der Waals surface area contributed by atoms with Gasteiger partial charge >= 0.3 is 0 Å². The lowest BCUT2D eigenvalue weighted by Gasteiger charge is -2.36. The second-order valence-corrected chi connectivity index (χ2v) is 8.02. The molecule has 1 aromatic carbocycles. The molecular weight excluding hydrogens is 364 g/mol. The lowest BCUT2D eigenvalue weighted by molar-refractivity contribution is -0.0368. The Kier molecular flexibility index (Phi) is 5.21. The van der Waals surface area contributed by atoms with Crippen LogP contribution in [0.5, 0.6) is 0 Å². The topological polar surface area (TPSA) is 52.4 Å². The number of morpholine rings is 1. The van der Waals surface area contributed by atoms with E-state index in [0.29, 0.717) is 0 Å². The zero-order chi connectivity index (χ0) is 19.6. The van der Waals surface area contributed by atoms with Crippen LogP contribution in [0, 0.1) is 6.92 Å². The molecule has 0 amide bonds. The number of ether oxygens (including phenoxy) is 2. The Labute approximate surface area is 171 Å². The van der Waals surface area contributed by atoms with Crippen LogP contribution in [-0.2, 0) is 15.9 Å². The van der Waals surface area contributed by atoms with Crippen molar-refractivity contribution in [3.8, 4) is 0 Å². The van der Waals surface area contributed by atoms with Crippen molar-refractivity contribution in [1.82, 2.24) is 14.8 Å². The third-order valence-electron chi connectivity index (χ3n) is 6.03. The molecule has 0 radical (unpaired) electrons. The Bertz CT molecular complexity index is 966. The van der Waals surface area contributed by atoms with Crippen molar-refractivity contribution in [3.05, 3.63) is 53.9 Å². The van der Waals surface area contributed by atoms with Crippen molar-refractivity contribution in [3.63, 3.8) is 0 Å². The summed E-state index contributed by atoms with van der Waals surface area (Å²) in [6, 6.07) is 13.1. The molecule has 0 N–H and O–H groups in total. The van der Waals surface area contributed by atoms with Gasteiger partial charge in [-0.05, 0) is 44.2 Å². The van der Waals surface area contributed by atoms with Crippen LogP contribution in [0.15, 0.2) is 42.6 Å². The van der Waals surface area contributed by atoms with Gasteiger partial charge in [0.05, 0.1) is 36.7 Å². The maximum absolute atomic E-state index is 5.96. The number of anilines is 1. The number of fused-ring (bicyclic) bond motifs is 1. The number of benzene rings is 1. The van der Waals surface area contributed by atoms with Crippen LogP contribution in [0.4, 0.5) is 5.82 Å². The molecule has 0 bridgehead atoms. The molecule has 4 heterocycles. The van der Waals surface area contributed by atoms with E-state index >= 15 is 0 Å². The van der Waals surface area contributed by atoms with Crippen molar-refractivity contribution >= 4 is 16.7 Å². The Hall–Kier alpha value is -2.44. The zero-order valence-corrected chi connectivity index (χ0v) is 17.0. The van der Waals surface area contributed by atoms with E-state index in [2.05, 4.69) is 48.2 Å². The first kappa shape index (κ1) is 18.6. The van der Waals surface area contributed by atoms with Gasteiger partial charge < -0.3 is 14.4 Å². The standard InChI is InChI=1S/C23H28N4O2/c1-17-20-14-22(24-15-21(20)27(25-17)23-9-5-6-11-29-23)26-10-12-28-16-19(26)13-18-7-3-2-4-8-18/h2-4,7-8,14-15,19,23H,5-6,9-13,16H2,1H3. The van der Waals surface area contributed by atoms with Crippen molar-refractivity contribution in [2.45, 2.75) is 44.9 Å². The van der Waals surface area contributed by atoms with Gasteiger partial charge in [-0.2, -0.15) is 5.10 Å². The van der Waals surface area contributed by atoms with E-state index in [1.54, 1.807) is 0 Å². The van der Waals surface area contributed by atoms with Crippen LogP contribution < -0.4 is 4.90 Å². The Morgan fingerprint density at radius 1 is 1.14 bits per heavy atom. The highest BCUT2D eigenvalue weighted by Gasteiger charge is 2.26. The van der Waals surface area contributed by atoms with Crippen LogP contribution >= 0.6 is 0 Å². The summed E-state index contributed by atoms with van der Waals surface area (Å²) in [7, 11) is 0. The third kappa shape index (κ3) is 3.74. The highest BCUT2D eigenvalue weighted by molar-refractivity contribution is 5.83. The maximum Gasteiger partial charge on any atom is 0.150 e. The summed E-state index contributed by atoms with van der Waals surface area (Å²) in [5.41, 5.74) is 3.42. The zero-order valence-electron chi connectivity index (χ0n) is 17.0. The van der Waals surface area contributed by atoms with Gasteiger partial charge in [0.2, 0.25) is 0 Å².